The van der Waals surface area contributed by atoms with Gasteiger partial charge in [0, 0.05) is 24.9 Å². The van der Waals surface area contributed by atoms with Crippen LogP contribution in [0.25, 0.3) is 6.08 Å². The number of carboxylic acid groups (broad SMARTS) is 1. The van der Waals surface area contributed by atoms with Gasteiger partial charge in [0.05, 0.1) is 12.0 Å². The molecule has 0 radical (unpaired) electrons. The number of nitrogens with zero attached hydrogens (tertiary/aromatic N) is 2. The van der Waals surface area contributed by atoms with Crippen LogP contribution in [0, 0.1) is 0 Å². The molecule has 0 saturated heterocycles. The van der Waals surface area contributed by atoms with E-state index in [0.717, 1.165) is 13.0 Å². The van der Waals surface area contributed by atoms with Crippen molar-refractivity contribution in [3.8, 4) is 0 Å². The molecule has 0 atom stereocenters. The summed E-state index contributed by atoms with van der Waals surface area (Å²) in [5, 5.41) is 11.9. The lowest BCUT2D eigenvalue weighted by Gasteiger charge is -2.19. The highest BCUT2D eigenvalue weighted by atomic mass is 16.6. The number of ether oxygens (including phenoxy) is 1. The summed E-state index contributed by atoms with van der Waals surface area (Å²) in [5.74, 6) is -0.975. The van der Waals surface area contributed by atoms with E-state index in [1.165, 1.54) is 0 Å². The zero-order valence-electron chi connectivity index (χ0n) is 14.8. The van der Waals surface area contributed by atoms with Crippen molar-refractivity contribution in [2.75, 3.05) is 6.54 Å². The SMILES string of the molecule is CCCn1cnc(/C=C(\CCCNC(=O)OC(C)(C)C)C(=O)O)c1. The predicted molar refractivity (Wildman–Crippen MR) is 91.6 cm³/mol. The van der Waals surface area contributed by atoms with Gasteiger partial charge in [-0.3, -0.25) is 0 Å². The Morgan fingerprint density at radius 1 is 1.42 bits per heavy atom. The molecule has 2 N–H and O–H groups in total. The van der Waals surface area contributed by atoms with Gasteiger partial charge in [-0.15, -0.1) is 0 Å². The number of carbonyl (C=O) groups is 2. The van der Waals surface area contributed by atoms with Crippen molar-refractivity contribution in [1.29, 1.82) is 0 Å². The molecule has 1 heterocycles. The Morgan fingerprint density at radius 3 is 2.71 bits per heavy atom. The quantitative estimate of drug-likeness (QED) is 0.562. The first-order valence-corrected chi connectivity index (χ1v) is 8.13. The molecule has 0 unspecified atom stereocenters. The molecule has 1 rings (SSSR count). The van der Waals surface area contributed by atoms with Crippen LogP contribution in [0.5, 0.6) is 0 Å². The Bertz CT molecular complexity index is 585. The summed E-state index contributed by atoms with van der Waals surface area (Å²) in [5.41, 5.74) is 0.344. The van der Waals surface area contributed by atoms with Crippen LogP contribution >= 0.6 is 0 Å². The topological polar surface area (TPSA) is 93.5 Å². The zero-order valence-corrected chi connectivity index (χ0v) is 14.8. The minimum Gasteiger partial charge on any atom is -0.478 e. The van der Waals surface area contributed by atoms with Crippen molar-refractivity contribution in [3.05, 3.63) is 23.8 Å². The summed E-state index contributed by atoms with van der Waals surface area (Å²) in [4.78, 5) is 27.0. The molecule has 0 aliphatic rings. The number of hydrogen-bond donors (Lipinski definition) is 2. The molecule has 1 aromatic heterocycles. The summed E-state index contributed by atoms with van der Waals surface area (Å²) < 4.78 is 7.05. The summed E-state index contributed by atoms with van der Waals surface area (Å²) in [6.07, 6.45) is 6.42. The number of carbonyl (C=O) groups excluding carboxylic acids is 1. The van der Waals surface area contributed by atoms with E-state index in [2.05, 4.69) is 17.2 Å². The number of rotatable bonds is 8. The molecule has 1 aromatic rings. The minimum absolute atomic E-state index is 0.266. The third-order valence-corrected chi connectivity index (χ3v) is 3.02. The van der Waals surface area contributed by atoms with E-state index in [1.54, 1.807) is 33.2 Å². The Labute approximate surface area is 142 Å². The van der Waals surface area contributed by atoms with Gasteiger partial charge in [-0.05, 0) is 46.1 Å². The fraction of sp³-hybridized carbons (Fsp3) is 0.588. The highest BCUT2D eigenvalue weighted by Gasteiger charge is 2.15. The fourth-order valence-electron chi connectivity index (χ4n) is 2.04. The van der Waals surface area contributed by atoms with Crippen LogP contribution in [0.3, 0.4) is 0 Å². The number of nitrogens with one attached hydrogen (secondary N) is 1. The van der Waals surface area contributed by atoms with Crippen molar-refractivity contribution >= 4 is 18.1 Å². The molecule has 0 aliphatic carbocycles. The molecular formula is C17H27N3O4. The standard InChI is InChI=1S/C17H27N3O4/c1-5-9-20-11-14(19-12-20)10-13(15(21)22)7-6-8-18-16(23)24-17(2,3)4/h10-12H,5-9H2,1-4H3,(H,18,23)(H,21,22)/b13-10+. The van der Waals surface area contributed by atoms with E-state index in [0.29, 0.717) is 25.1 Å². The highest BCUT2D eigenvalue weighted by Crippen LogP contribution is 2.11. The number of hydrogen-bond acceptors (Lipinski definition) is 4. The van der Waals surface area contributed by atoms with Gasteiger partial charge >= 0.3 is 12.1 Å². The largest absolute Gasteiger partial charge is 0.478 e. The molecule has 24 heavy (non-hydrogen) atoms. The Morgan fingerprint density at radius 2 is 2.12 bits per heavy atom. The van der Waals surface area contributed by atoms with E-state index in [1.807, 2.05) is 10.8 Å². The predicted octanol–water partition coefficient (Wildman–Crippen LogP) is 3.07. The molecule has 0 saturated carbocycles. The van der Waals surface area contributed by atoms with Crippen molar-refractivity contribution in [1.82, 2.24) is 14.9 Å². The van der Waals surface area contributed by atoms with E-state index in [9.17, 15) is 14.7 Å². The van der Waals surface area contributed by atoms with E-state index in [-0.39, 0.29) is 5.57 Å². The van der Waals surface area contributed by atoms with E-state index >= 15 is 0 Å². The molecule has 134 valence electrons. The average molecular weight is 337 g/mol. The van der Waals surface area contributed by atoms with Crippen molar-refractivity contribution in [2.24, 2.45) is 0 Å². The second-order valence-corrected chi connectivity index (χ2v) is 6.54. The second-order valence-electron chi connectivity index (χ2n) is 6.54. The van der Waals surface area contributed by atoms with Crippen LogP contribution in [-0.2, 0) is 16.1 Å². The monoisotopic (exact) mass is 337 g/mol. The number of alkyl carbamates (subject to hydrolysis) is 1. The van der Waals surface area contributed by atoms with Crippen LogP contribution in [0.4, 0.5) is 4.79 Å². The summed E-state index contributed by atoms with van der Waals surface area (Å²) in [6.45, 7) is 8.63. The Kier molecular flexibility index (Phi) is 7.48. The average Bonchev–Trinajstić information content (AvgIpc) is 2.88. The third-order valence-electron chi connectivity index (χ3n) is 3.02. The first-order chi connectivity index (χ1) is 11.2. The summed E-state index contributed by atoms with van der Waals surface area (Å²) in [7, 11) is 0. The zero-order chi connectivity index (χ0) is 18.2. The van der Waals surface area contributed by atoms with Gasteiger partial charge in [0.1, 0.15) is 5.60 Å². The van der Waals surface area contributed by atoms with Gasteiger partial charge in [-0.25, -0.2) is 14.6 Å². The molecule has 0 spiro atoms. The van der Waals surface area contributed by atoms with E-state index in [4.69, 9.17) is 4.74 Å². The second kappa shape index (κ2) is 9.10. The van der Waals surface area contributed by atoms with Gasteiger partial charge in [-0.2, -0.15) is 0 Å². The molecule has 0 aliphatic heterocycles. The lowest BCUT2D eigenvalue weighted by molar-refractivity contribution is -0.132. The molecule has 0 aromatic carbocycles. The van der Waals surface area contributed by atoms with Gasteiger partial charge in [0.2, 0.25) is 0 Å². The van der Waals surface area contributed by atoms with Crippen LogP contribution in [0.15, 0.2) is 18.1 Å². The molecule has 0 fully saturated rings. The number of aliphatic carboxylic acids is 1. The van der Waals surface area contributed by atoms with Crippen LogP contribution in [0.2, 0.25) is 0 Å². The maximum absolute atomic E-state index is 11.5. The van der Waals surface area contributed by atoms with Crippen molar-refractivity contribution in [2.45, 2.75) is 59.1 Å². The summed E-state index contributed by atoms with van der Waals surface area (Å²) >= 11 is 0. The number of amides is 1. The number of aromatic nitrogens is 2. The summed E-state index contributed by atoms with van der Waals surface area (Å²) in [6, 6.07) is 0. The molecule has 0 bridgehead atoms. The Hall–Kier alpha value is -2.31. The van der Waals surface area contributed by atoms with Crippen LogP contribution < -0.4 is 5.32 Å². The fourth-order valence-corrected chi connectivity index (χ4v) is 2.04. The van der Waals surface area contributed by atoms with Gasteiger partial charge in [0.15, 0.2) is 0 Å². The van der Waals surface area contributed by atoms with E-state index < -0.39 is 17.7 Å². The van der Waals surface area contributed by atoms with Gasteiger partial charge < -0.3 is 19.7 Å². The number of carboxylic acids is 1. The maximum Gasteiger partial charge on any atom is 0.407 e. The number of aryl methyl sites for hydroxylation is 1. The van der Waals surface area contributed by atoms with Gasteiger partial charge in [-0.1, -0.05) is 6.92 Å². The smallest absolute Gasteiger partial charge is 0.407 e. The maximum atomic E-state index is 11.5. The highest BCUT2D eigenvalue weighted by molar-refractivity contribution is 5.91. The van der Waals surface area contributed by atoms with Crippen molar-refractivity contribution in [3.63, 3.8) is 0 Å². The van der Waals surface area contributed by atoms with Crippen molar-refractivity contribution < 1.29 is 19.4 Å². The molecule has 1 amide bonds. The molecule has 7 nitrogen and oxygen atoms in total. The first kappa shape index (κ1) is 19.7. The lowest BCUT2D eigenvalue weighted by atomic mass is 10.1. The van der Waals surface area contributed by atoms with Gasteiger partial charge in [0.25, 0.3) is 0 Å². The molecular weight excluding hydrogens is 310 g/mol. The normalized spacial score (nSPS) is 12.1. The number of imidazole rings is 1. The minimum atomic E-state index is -0.975. The van der Waals surface area contributed by atoms with Crippen LogP contribution in [0.1, 0.15) is 52.7 Å². The third kappa shape index (κ3) is 7.80. The lowest BCUT2D eigenvalue weighted by Crippen LogP contribution is -2.33. The molecule has 7 heteroatoms. The Balaban J connectivity index is 2.50. The van der Waals surface area contributed by atoms with Crippen LogP contribution in [-0.4, -0.2) is 38.9 Å². The first-order valence-electron chi connectivity index (χ1n) is 8.13.